The van der Waals surface area contributed by atoms with E-state index in [4.69, 9.17) is 14.2 Å². The molecule has 0 spiro atoms. The molecule has 0 bridgehead atoms. The van der Waals surface area contributed by atoms with Crippen molar-refractivity contribution in [1.29, 1.82) is 0 Å². The number of para-hydroxylation sites is 1. The van der Waals surface area contributed by atoms with Crippen molar-refractivity contribution in [3.63, 3.8) is 0 Å². The van der Waals surface area contributed by atoms with Crippen LogP contribution in [0.1, 0.15) is 22.0 Å². The molecule has 30 heavy (non-hydrogen) atoms. The van der Waals surface area contributed by atoms with Gasteiger partial charge in [-0.05, 0) is 36.4 Å². The van der Waals surface area contributed by atoms with E-state index in [0.29, 0.717) is 16.2 Å². The minimum absolute atomic E-state index is 0.157. The molecule has 3 aliphatic heterocycles. The third-order valence-electron chi connectivity index (χ3n) is 5.15. The summed E-state index contributed by atoms with van der Waals surface area (Å²) in [5, 5.41) is 0. The molecular weight excluding hydrogens is 444 g/mol. The van der Waals surface area contributed by atoms with Crippen molar-refractivity contribution in [2.24, 2.45) is 0 Å². The van der Waals surface area contributed by atoms with Gasteiger partial charge in [0.25, 0.3) is 0 Å². The third-order valence-corrected chi connectivity index (χ3v) is 9.28. The molecule has 3 aromatic rings. The average molecular weight is 459 g/mol. The number of fused-ring (bicyclic) bond motifs is 3. The highest BCUT2D eigenvalue weighted by Gasteiger charge is 2.36. The van der Waals surface area contributed by atoms with Crippen LogP contribution < -0.4 is 14.2 Å². The minimum Gasteiger partial charge on any atom is -0.476 e. The van der Waals surface area contributed by atoms with Crippen LogP contribution in [0.25, 0.3) is 0 Å². The maximum absolute atomic E-state index is 13.0. The van der Waals surface area contributed by atoms with Crippen LogP contribution in [-0.4, -0.2) is 18.6 Å². The van der Waals surface area contributed by atoms with Crippen LogP contribution in [0.3, 0.4) is 0 Å². The molecule has 3 aliphatic rings. The quantitative estimate of drug-likeness (QED) is 0.570. The first-order chi connectivity index (χ1) is 14.5. The first-order valence-corrected chi connectivity index (χ1v) is 12.9. The summed E-state index contributed by atoms with van der Waals surface area (Å²) in [5.41, 5.74) is 0.626. The molecule has 3 aromatic carbocycles. The Morgan fingerprint density at radius 1 is 0.900 bits per heavy atom. The first kappa shape index (κ1) is 18.3. The minimum atomic E-state index is -3.41. The molecule has 0 saturated heterocycles. The highest BCUT2D eigenvalue weighted by atomic mass is 32.2. The number of benzene rings is 3. The van der Waals surface area contributed by atoms with Gasteiger partial charge in [-0.15, -0.1) is 0 Å². The fourth-order valence-electron chi connectivity index (χ4n) is 3.68. The Morgan fingerprint density at radius 3 is 2.57 bits per heavy atom. The smallest absolute Gasteiger partial charge is 0.216 e. The van der Waals surface area contributed by atoms with Crippen molar-refractivity contribution in [2.75, 3.05) is 5.94 Å². The molecule has 0 amide bonds. The summed E-state index contributed by atoms with van der Waals surface area (Å²) in [6, 6.07) is 18.2. The number of hydrogen-bond donors (Lipinski definition) is 0. The lowest BCUT2D eigenvalue weighted by atomic mass is 10.2. The molecule has 0 N–H and O–H groups in total. The van der Waals surface area contributed by atoms with E-state index in [-0.39, 0.29) is 22.0 Å². The van der Waals surface area contributed by atoms with Crippen molar-refractivity contribution < 1.29 is 26.8 Å². The Labute approximate surface area is 179 Å². The molecule has 3 unspecified atom stereocenters. The summed E-state index contributed by atoms with van der Waals surface area (Å²) in [5.74, 6) is 1.30. The maximum Gasteiger partial charge on any atom is 0.216 e. The summed E-state index contributed by atoms with van der Waals surface area (Å²) >= 11 is 1.62. The zero-order valence-electron chi connectivity index (χ0n) is 15.3. The van der Waals surface area contributed by atoms with Gasteiger partial charge in [-0.25, -0.2) is 12.6 Å². The van der Waals surface area contributed by atoms with E-state index in [1.807, 2.05) is 42.5 Å². The predicted octanol–water partition coefficient (Wildman–Crippen LogP) is 4.19. The lowest BCUT2D eigenvalue weighted by Crippen LogP contribution is -2.06. The predicted molar refractivity (Wildman–Crippen MR) is 111 cm³/mol. The highest BCUT2D eigenvalue weighted by Crippen LogP contribution is 2.50. The van der Waals surface area contributed by atoms with Crippen LogP contribution in [0.4, 0.5) is 0 Å². The van der Waals surface area contributed by atoms with Gasteiger partial charge in [0.1, 0.15) is 32.9 Å². The van der Waals surface area contributed by atoms with Gasteiger partial charge in [0.2, 0.25) is 15.3 Å². The summed E-state index contributed by atoms with van der Waals surface area (Å²) in [4.78, 5) is 1.85. The summed E-state index contributed by atoms with van der Waals surface area (Å²) < 4.78 is 54.2. The van der Waals surface area contributed by atoms with Crippen molar-refractivity contribution in [2.45, 2.75) is 25.6 Å². The number of rotatable bonds is 2. The SMILES string of the molecule is O=S1c2ccc(C3Oc4ccccc4S3)cc2OC1c1ccc2c(c1)OCS2(=O)=O. The molecule has 0 radical (unpaired) electrons. The molecule has 0 fully saturated rings. The normalized spacial score (nSPS) is 24.9. The van der Waals surface area contributed by atoms with Crippen molar-refractivity contribution in [3.05, 3.63) is 71.8 Å². The van der Waals surface area contributed by atoms with E-state index >= 15 is 0 Å². The average Bonchev–Trinajstić information content (AvgIpc) is 3.41. The van der Waals surface area contributed by atoms with E-state index in [0.717, 1.165) is 16.2 Å². The number of ether oxygens (including phenoxy) is 3. The molecule has 3 atom stereocenters. The molecular formula is C21H14O6S3. The summed E-state index contributed by atoms with van der Waals surface area (Å²) in [7, 11) is -4.83. The molecule has 3 heterocycles. The van der Waals surface area contributed by atoms with E-state index in [1.54, 1.807) is 23.9 Å². The molecule has 6 nitrogen and oxygen atoms in total. The fourth-order valence-corrected chi connectivity index (χ4v) is 7.16. The largest absolute Gasteiger partial charge is 0.476 e. The first-order valence-electron chi connectivity index (χ1n) is 9.13. The van der Waals surface area contributed by atoms with E-state index < -0.39 is 26.1 Å². The van der Waals surface area contributed by atoms with Crippen LogP contribution in [-0.2, 0) is 20.6 Å². The fraction of sp³-hybridized carbons (Fsp3) is 0.143. The Bertz CT molecular complexity index is 1310. The van der Waals surface area contributed by atoms with Gasteiger partial charge in [0.15, 0.2) is 11.4 Å². The molecule has 0 saturated carbocycles. The third kappa shape index (κ3) is 2.76. The lowest BCUT2D eigenvalue weighted by Gasteiger charge is -2.12. The van der Waals surface area contributed by atoms with Crippen LogP contribution in [0.2, 0.25) is 0 Å². The van der Waals surface area contributed by atoms with Crippen molar-refractivity contribution in [3.8, 4) is 17.2 Å². The molecule has 152 valence electrons. The molecule has 6 rings (SSSR count). The Hall–Kier alpha value is -2.49. The van der Waals surface area contributed by atoms with Gasteiger partial charge in [-0.1, -0.05) is 36.0 Å². The number of hydrogen-bond acceptors (Lipinski definition) is 7. The second-order valence-corrected chi connectivity index (χ2v) is 11.5. The van der Waals surface area contributed by atoms with Crippen molar-refractivity contribution in [1.82, 2.24) is 0 Å². The van der Waals surface area contributed by atoms with Crippen LogP contribution in [0.15, 0.2) is 75.4 Å². The van der Waals surface area contributed by atoms with E-state index in [1.165, 1.54) is 6.07 Å². The zero-order chi connectivity index (χ0) is 20.5. The van der Waals surface area contributed by atoms with E-state index in [2.05, 4.69) is 0 Å². The topological polar surface area (TPSA) is 78.9 Å². The molecule has 9 heteroatoms. The van der Waals surface area contributed by atoms with Gasteiger partial charge < -0.3 is 14.2 Å². The molecule has 0 aromatic heterocycles. The second-order valence-electron chi connectivity index (χ2n) is 7.05. The Balaban J connectivity index is 1.29. The number of thioether (sulfide) groups is 1. The van der Waals surface area contributed by atoms with Crippen molar-refractivity contribution >= 4 is 32.4 Å². The Morgan fingerprint density at radius 2 is 1.70 bits per heavy atom. The van der Waals surface area contributed by atoms with Gasteiger partial charge in [-0.2, -0.15) is 0 Å². The molecule has 0 aliphatic carbocycles. The van der Waals surface area contributed by atoms with Crippen LogP contribution >= 0.6 is 11.8 Å². The number of sulfone groups is 1. The second kappa shape index (κ2) is 6.50. The summed E-state index contributed by atoms with van der Waals surface area (Å²) in [6.07, 6.45) is 0. The monoisotopic (exact) mass is 458 g/mol. The zero-order valence-corrected chi connectivity index (χ0v) is 17.8. The highest BCUT2D eigenvalue weighted by molar-refractivity contribution is 7.99. The van der Waals surface area contributed by atoms with Gasteiger partial charge in [0, 0.05) is 11.1 Å². The van der Waals surface area contributed by atoms with Gasteiger partial charge in [-0.3, -0.25) is 0 Å². The van der Waals surface area contributed by atoms with Gasteiger partial charge >= 0.3 is 0 Å². The van der Waals surface area contributed by atoms with Gasteiger partial charge in [0.05, 0.1) is 9.79 Å². The lowest BCUT2D eigenvalue weighted by molar-refractivity contribution is 0.289. The maximum atomic E-state index is 13.0. The summed E-state index contributed by atoms with van der Waals surface area (Å²) in [6.45, 7) is 0. The van der Waals surface area contributed by atoms with Crippen LogP contribution in [0, 0.1) is 0 Å². The van der Waals surface area contributed by atoms with E-state index in [9.17, 15) is 12.6 Å². The van der Waals surface area contributed by atoms with Crippen LogP contribution in [0.5, 0.6) is 17.2 Å². The Kier molecular flexibility index (Phi) is 3.96. The standard InChI is InChI=1S/C21H14O6S3/c22-29-18-7-5-12(20-26-14-3-1-2-4-17(14)28-20)9-15(18)27-21(29)13-6-8-19-16(10-13)25-11-30(19,23)24/h1-10,20-21H,11H2.